The van der Waals surface area contributed by atoms with Crippen molar-refractivity contribution in [3.63, 3.8) is 0 Å². The van der Waals surface area contributed by atoms with Gasteiger partial charge in [0.05, 0.1) is 6.04 Å². The van der Waals surface area contributed by atoms with Gasteiger partial charge in [0.15, 0.2) is 6.61 Å². The largest absolute Gasteiger partial charge is 0.484 e. The third kappa shape index (κ3) is 4.28. The first-order valence-electron chi connectivity index (χ1n) is 6.38. The van der Waals surface area contributed by atoms with E-state index in [0.717, 1.165) is 5.56 Å². The second-order valence-electron chi connectivity index (χ2n) is 4.44. The van der Waals surface area contributed by atoms with Gasteiger partial charge in [-0.2, -0.15) is 0 Å². The highest BCUT2D eigenvalue weighted by Crippen LogP contribution is 2.15. The average molecular weight is 290 g/mol. The van der Waals surface area contributed by atoms with Crippen molar-refractivity contribution in [2.45, 2.75) is 13.0 Å². The summed E-state index contributed by atoms with van der Waals surface area (Å²) in [5.41, 5.74) is 1.06. The van der Waals surface area contributed by atoms with Crippen LogP contribution in [0.1, 0.15) is 18.5 Å². The van der Waals surface area contributed by atoms with Gasteiger partial charge in [0.1, 0.15) is 5.75 Å². The Morgan fingerprint density at radius 3 is 2.45 bits per heavy atom. The highest BCUT2D eigenvalue weighted by Gasteiger charge is 2.09. The number of carbonyl (C=O) groups is 1. The molecule has 0 spiro atoms. The average Bonchev–Trinajstić information content (AvgIpc) is 2.47. The second-order valence-corrected chi connectivity index (χ2v) is 4.88. The Kier molecular flexibility index (Phi) is 5.02. The minimum Gasteiger partial charge on any atom is -0.484 e. The van der Waals surface area contributed by atoms with Crippen molar-refractivity contribution in [1.29, 1.82) is 0 Å². The van der Waals surface area contributed by atoms with Crippen molar-refractivity contribution in [2.75, 3.05) is 6.61 Å². The Balaban J connectivity index is 1.82. The monoisotopic (exact) mass is 289 g/mol. The first-order valence-corrected chi connectivity index (χ1v) is 6.75. The van der Waals surface area contributed by atoms with Gasteiger partial charge < -0.3 is 10.1 Å². The quantitative estimate of drug-likeness (QED) is 0.913. The zero-order chi connectivity index (χ0) is 14.4. The molecule has 2 rings (SSSR count). The fourth-order valence-corrected chi connectivity index (χ4v) is 1.91. The van der Waals surface area contributed by atoms with Gasteiger partial charge in [-0.05, 0) is 36.8 Å². The summed E-state index contributed by atoms with van der Waals surface area (Å²) in [4.78, 5) is 11.8. The standard InChI is InChI=1S/C16H16ClNO2/c1-12(13-5-3-2-4-6-13)18-16(19)11-20-15-9-7-14(17)8-10-15/h2-10,12H,11H2,1H3,(H,18,19)/t12-/m0/s1. The lowest BCUT2D eigenvalue weighted by Crippen LogP contribution is -2.31. The summed E-state index contributed by atoms with van der Waals surface area (Å²) >= 11 is 5.78. The van der Waals surface area contributed by atoms with Crippen LogP contribution in [0, 0.1) is 0 Å². The lowest BCUT2D eigenvalue weighted by atomic mass is 10.1. The number of nitrogens with one attached hydrogen (secondary N) is 1. The summed E-state index contributed by atoms with van der Waals surface area (Å²) in [5.74, 6) is 0.466. The second kappa shape index (κ2) is 6.96. The molecule has 0 aliphatic carbocycles. The molecule has 0 saturated carbocycles. The van der Waals surface area contributed by atoms with Gasteiger partial charge in [-0.3, -0.25) is 4.79 Å². The van der Waals surface area contributed by atoms with Crippen LogP contribution in [0.5, 0.6) is 5.75 Å². The molecule has 4 heteroatoms. The minimum atomic E-state index is -0.156. The summed E-state index contributed by atoms with van der Waals surface area (Å²) in [6.07, 6.45) is 0. The smallest absolute Gasteiger partial charge is 0.258 e. The van der Waals surface area contributed by atoms with E-state index < -0.39 is 0 Å². The highest BCUT2D eigenvalue weighted by atomic mass is 35.5. The summed E-state index contributed by atoms with van der Waals surface area (Å²) < 4.78 is 5.39. The number of benzene rings is 2. The van der Waals surface area contributed by atoms with Crippen LogP contribution in [0.25, 0.3) is 0 Å². The Bertz CT molecular complexity index is 554. The van der Waals surface area contributed by atoms with E-state index in [9.17, 15) is 4.79 Å². The van der Waals surface area contributed by atoms with E-state index in [1.807, 2.05) is 37.3 Å². The molecule has 1 atom stereocenters. The maximum absolute atomic E-state index is 11.8. The van der Waals surface area contributed by atoms with Crippen molar-refractivity contribution in [2.24, 2.45) is 0 Å². The van der Waals surface area contributed by atoms with Crippen LogP contribution in [-0.4, -0.2) is 12.5 Å². The summed E-state index contributed by atoms with van der Waals surface area (Å²) in [7, 11) is 0. The molecule has 104 valence electrons. The van der Waals surface area contributed by atoms with E-state index in [-0.39, 0.29) is 18.6 Å². The van der Waals surface area contributed by atoms with Crippen LogP contribution < -0.4 is 10.1 Å². The Labute approximate surface area is 123 Å². The van der Waals surface area contributed by atoms with Gasteiger partial charge in [0.2, 0.25) is 0 Å². The van der Waals surface area contributed by atoms with Crippen LogP contribution in [0.2, 0.25) is 5.02 Å². The summed E-state index contributed by atoms with van der Waals surface area (Å²) in [6.45, 7) is 1.92. The molecule has 0 heterocycles. The maximum Gasteiger partial charge on any atom is 0.258 e. The van der Waals surface area contributed by atoms with Gasteiger partial charge >= 0.3 is 0 Å². The lowest BCUT2D eigenvalue weighted by Gasteiger charge is -2.14. The Morgan fingerprint density at radius 2 is 1.80 bits per heavy atom. The zero-order valence-corrected chi connectivity index (χ0v) is 11.9. The van der Waals surface area contributed by atoms with Crippen LogP contribution >= 0.6 is 11.6 Å². The number of hydrogen-bond acceptors (Lipinski definition) is 2. The molecule has 0 aliphatic rings. The summed E-state index contributed by atoms with van der Waals surface area (Å²) in [5, 5.41) is 3.53. The maximum atomic E-state index is 11.8. The van der Waals surface area contributed by atoms with E-state index in [1.165, 1.54) is 0 Å². The van der Waals surface area contributed by atoms with Crippen LogP contribution in [0.3, 0.4) is 0 Å². The van der Waals surface area contributed by atoms with E-state index >= 15 is 0 Å². The zero-order valence-electron chi connectivity index (χ0n) is 11.2. The molecule has 20 heavy (non-hydrogen) atoms. The van der Waals surface area contributed by atoms with Crippen molar-refractivity contribution in [1.82, 2.24) is 5.32 Å². The topological polar surface area (TPSA) is 38.3 Å². The predicted molar refractivity (Wildman–Crippen MR) is 79.9 cm³/mol. The normalized spacial score (nSPS) is 11.7. The molecule has 0 radical (unpaired) electrons. The third-order valence-corrected chi connectivity index (χ3v) is 3.11. The van der Waals surface area contributed by atoms with Gasteiger partial charge in [0.25, 0.3) is 5.91 Å². The number of ether oxygens (including phenoxy) is 1. The van der Waals surface area contributed by atoms with Crippen molar-refractivity contribution in [3.05, 3.63) is 65.2 Å². The number of amides is 1. The van der Waals surface area contributed by atoms with Crippen LogP contribution in [0.4, 0.5) is 0 Å². The summed E-state index contributed by atoms with van der Waals surface area (Å²) in [6, 6.07) is 16.7. The molecule has 0 saturated heterocycles. The molecule has 3 nitrogen and oxygen atoms in total. The third-order valence-electron chi connectivity index (χ3n) is 2.86. The predicted octanol–water partition coefficient (Wildman–Crippen LogP) is 3.60. The lowest BCUT2D eigenvalue weighted by molar-refractivity contribution is -0.123. The molecule has 2 aromatic rings. The first-order chi connectivity index (χ1) is 9.65. The molecule has 0 aromatic heterocycles. The molecule has 0 fully saturated rings. The highest BCUT2D eigenvalue weighted by molar-refractivity contribution is 6.30. The van der Waals surface area contributed by atoms with Gasteiger partial charge in [-0.1, -0.05) is 41.9 Å². The molecular weight excluding hydrogens is 274 g/mol. The number of carbonyl (C=O) groups excluding carboxylic acids is 1. The van der Waals surface area contributed by atoms with Crippen molar-refractivity contribution >= 4 is 17.5 Å². The molecule has 0 unspecified atom stereocenters. The van der Waals surface area contributed by atoms with Gasteiger partial charge in [0, 0.05) is 5.02 Å². The fraction of sp³-hybridized carbons (Fsp3) is 0.188. The van der Waals surface area contributed by atoms with E-state index in [4.69, 9.17) is 16.3 Å². The van der Waals surface area contributed by atoms with E-state index in [1.54, 1.807) is 24.3 Å². The molecule has 1 N–H and O–H groups in total. The van der Waals surface area contributed by atoms with Crippen LogP contribution in [0.15, 0.2) is 54.6 Å². The first kappa shape index (κ1) is 14.4. The Hall–Kier alpha value is -2.00. The van der Waals surface area contributed by atoms with Gasteiger partial charge in [-0.25, -0.2) is 0 Å². The molecular formula is C16H16ClNO2. The molecule has 2 aromatic carbocycles. The fourth-order valence-electron chi connectivity index (χ4n) is 1.79. The van der Waals surface area contributed by atoms with E-state index in [2.05, 4.69) is 5.32 Å². The van der Waals surface area contributed by atoms with Crippen molar-refractivity contribution in [3.8, 4) is 5.75 Å². The molecule has 1 amide bonds. The number of rotatable bonds is 5. The van der Waals surface area contributed by atoms with E-state index in [0.29, 0.717) is 10.8 Å². The Morgan fingerprint density at radius 1 is 1.15 bits per heavy atom. The number of halogens is 1. The minimum absolute atomic E-state index is 0.0151. The van der Waals surface area contributed by atoms with Crippen molar-refractivity contribution < 1.29 is 9.53 Å². The molecule has 0 aliphatic heterocycles. The molecule has 0 bridgehead atoms. The van der Waals surface area contributed by atoms with Crippen LogP contribution in [-0.2, 0) is 4.79 Å². The number of hydrogen-bond donors (Lipinski definition) is 1. The van der Waals surface area contributed by atoms with Gasteiger partial charge in [-0.15, -0.1) is 0 Å². The SMILES string of the molecule is C[C@H](NC(=O)COc1ccc(Cl)cc1)c1ccccc1.